The molecule has 0 radical (unpaired) electrons. The van der Waals surface area contributed by atoms with Crippen LogP contribution in [0.15, 0.2) is 29.6 Å². The standard InChI is InChI=1S/C21H24N4O3S/c1-13(2)19-23-14(12-29-19)10-22-17(26)11-24-20(28)15-6-4-5-7-16(15)25-18(27)8-9-21(24,25)3/h4-7,12-13H,8-11H2,1-3H3,(H,22,26). The van der Waals surface area contributed by atoms with Gasteiger partial charge in [0.2, 0.25) is 11.8 Å². The Morgan fingerprint density at radius 1 is 1.31 bits per heavy atom. The van der Waals surface area contributed by atoms with Gasteiger partial charge in [0.15, 0.2) is 0 Å². The predicted molar refractivity (Wildman–Crippen MR) is 111 cm³/mol. The van der Waals surface area contributed by atoms with Gasteiger partial charge in [0.1, 0.15) is 12.2 Å². The van der Waals surface area contributed by atoms with E-state index in [2.05, 4.69) is 24.1 Å². The normalized spacial score (nSPS) is 20.8. The first-order valence-corrected chi connectivity index (χ1v) is 10.6. The monoisotopic (exact) mass is 412 g/mol. The van der Waals surface area contributed by atoms with Crippen LogP contribution in [-0.4, -0.2) is 39.8 Å². The summed E-state index contributed by atoms with van der Waals surface area (Å²) < 4.78 is 0. The molecule has 1 saturated heterocycles. The number of amides is 3. The molecule has 0 saturated carbocycles. The Kier molecular flexibility index (Phi) is 4.90. The molecule has 1 unspecified atom stereocenters. The van der Waals surface area contributed by atoms with Crippen LogP contribution in [0, 0.1) is 0 Å². The molecule has 8 heteroatoms. The Hall–Kier alpha value is -2.74. The smallest absolute Gasteiger partial charge is 0.258 e. The van der Waals surface area contributed by atoms with Crippen molar-refractivity contribution in [2.75, 3.05) is 11.4 Å². The summed E-state index contributed by atoms with van der Waals surface area (Å²) in [7, 11) is 0. The van der Waals surface area contributed by atoms with Crippen LogP contribution in [0.25, 0.3) is 0 Å². The number of rotatable bonds is 5. The molecule has 7 nitrogen and oxygen atoms in total. The van der Waals surface area contributed by atoms with E-state index in [1.54, 1.807) is 34.4 Å². The summed E-state index contributed by atoms with van der Waals surface area (Å²) in [6.45, 7) is 6.23. The molecule has 1 N–H and O–H groups in total. The molecule has 4 rings (SSSR count). The molecule has 0 spiro atoms. The van der Waals surface area contributed by atoms with Crippen LogP contribution in [0.3, 0.4) is 0 Å². The van der Waals surface area contributed by atoms with E-state index in [0.29, 0.717) is 36.6 Å². The Morgan fingerprint density at radius 3 is 2.79 bits per heavy atom. The van der Waals surface area contributed by atoms with Gasteiger partial charge in [-0.2, -0.15) is 0 Å². The Morgan fingerprint density at radius 2 is 2.07 bits per heavy atom. The Balaban J connectivity index is 1.52. The minimum Gasteiger partial charge on any atom is -0.349 e. The zero-order valence-corrected chi connectivity index (χ0v) is 17.6. The van der Waals surface area contributed by atoms with Crippen LogP contribution in [0.4, 0.5) is 5.69 Å². The molecular weight excluding hydrogens is 388 g/mol. The second-order valence-electron chi connectivity index (χ2n) is 7.96. The van der Waals surface area contributed by atoms with E-state index in [1.165, 1.54) is 4.90 Å². The van der Waals surface area contributed by atoms with Crippen LogP contribution >= 0.6 is 11.3 Å². The van der Waals surface area contributed by atoms with Gasteiger partial charge in [-0.1, -0.05) is 26.0 Å². The first-order chi connectivity index (χ1) is 13.8. The fraction of sp³-hybridized carbons (Fsp3) is 0.429. The number of hydrogen-bond acceptors (Lipinski definition) is 5. The second kappa shape index (κ2) is 7.26. The number of nitrogens with one attached hydrogen (secondary N) is 1. The van der Waals surface area contributed by atoms with E-state index >= 15 is 0 Å². The summed E-state index contributed by atoms with van der Waals surface area (Å²) in [5, 5.41) is 5.83. The van der Waals surface area contributed by atoms with Gasteiger partial charge < -0.3 is 10.2 Å². The van der Waals surface area contributed by atoms with Gasteiger partial charge in [0.25, 0.3) is 5.91 Å². The summed E-state index contributed by atoms with van der Waals surface area (Å²) >= 11 is 1.58. The number of hydrogen-bond donors (Lipinski definition) is 1. The number of anilines is 1. The average molecular weight is 413 g/mol. The fourth-order valence-electron chi connectivity index (χ4n) is 4.00. The summed E-state index contributed by atoms with van der Waals surface area (Å²) in [5.41, 5.74) is 1.06. The lowest BCUT2D eigenvalue weighted by molar-refractivity contribution is -0.124. The van der Waals surface area contributed by atoms with Gasteiger partial charge in [0, 0.05) is 17.7 Å². The highest BCUT2D eigenvalue weighted by Crippen LogP contribution is 2.43. The van der Waals surface area contributed by atoms with Crippen LogP contribution in [-0.2, 0) is 16.1 Å². The largest absolute Gasteiger partial charge is 0.349 e. The maximum atomic E-state index is 13.2. The quantitative estimate of drug-likeness (QED) is 0.819. The van der Waals surface area contributed by atoms with Gasteiger partial charge in [0.05, 0.1) is 28.5 Å². The van der Waals surface area contributed by atoms with E-state index in [9.17, 15) is 14.4 Å². The van der Waals surface area contributed by atoms with Gasteiger partial charge in [-0.15, -0.1) is 11.3 Å². The second-order valence-corrected chi connectivity index (χ2v) is 8.85. The third-order valence-electron chi connectivity index (χ3n) is 5.58. The van der Waals surface area contributed by atoms with Crippen molar-refractivity contribution in [1.29, 1.82) is 0 Å². The summed E-state index contributed by atoms with van der Waals surface area (Å²) in [6, 6.07) is 7.09. The summed E-state index contributed by atoms with van der Waals surface area (Å²) in [5.74, 6) is -0.167. The van der Waals surface area contributed by atoms with Crippen molar-refractivity contribution < 1.29 is 14.4 Å². The van der Waals surface area contributed by atoms with Crippen LogP contribution in [0.5, 0.6) is 0 Å². The van der Waals surface area contributed by atoms with E-state index in [-0.39, 0.29) is 24.3 Å². The lowest BCUT2D eigenvalue weighted by Crippen LogP contribution is -2.63. The van der Waals surface area contributed by atoms with Crippen molar-refractivity contribution >= 4 is 34.7 Å². The molecule has 3 heterocycles. The minimum atomic E-state index is -0.828. The van der Waals surface area contributed by atoms with Crippen molar-refractivity contribution in [2.45, 2.75) is 51.7 Å². The van der Waals surface area contributed by atoms with Crippen molar-refractivity contribution in [3.63, 3.8) is 0 Å². The number of carbonyl (C=O) groups is 3. The molecule has 1 aromatic carbocycles. The highest BCUT2D eigenvalue weighted by Gasteiger charge is 2.53. The van der Waals surface area contributed by atoms with Gasteiger partial charge in [-0.05, 0) is 25.5 Å². The van der Waals surface area contributed by atoms with E-state index < -0.39 is 5.66 Å². The Labute approximate surface area is 173 Å². The Bertz CT molecular complexity index is 986. The number of aromatic nitrogens is 1. The molecular formula is C21H24N4O3S. The number of para-hydroxylation sites is 1. The molecule has 29 heavy (non-hydrogen) atoms. The molecule has 3 amide bonds. The van der Waals surface area contributed by atoms with Gasteiger partial charge in [-0.25, -0.2) is 4.98 Å². The van der Waals surface area contributed by atoms with E-state index in [4.69, 9.17) is 0 Å². The number of carbonyl (C=O) groups excluding carboxylic acids is 3. The zero-order valence-electron chi connectivity index (χ0n) is 16.8. The molecule has 2 aliphatic heterocycles. The fourth-order valence-corrected chi connectivity index (χ4v) is 4.83. The first-order valence-electron chi connectivity index (χ1n) is 9.76. The van der Waals surface area contributed by atoms with Crippen molar-refractivity contribution in [3.05, 3.63) is 45.9 Å². The van der Waals surface area contributed by atoms with Crippen LogP contribution in [0.1, 0.15) is 60.6 Å². The molecule has 0 aliphatic carbocycles. The van der Waals surface area contributed by atoms with Crippen LogP contribution < -0.4 is 10.2 Å². The third-order valence-corrected chi connectivity index (χ3v) is 6.77. The minimum absolute atomic E-state index is 0.0263. The molecule has 2 aromatic rings. The predicted octanol–water partition coefficient (Wildman–Crippen LogP) is 2.88. The average Bonchev–Trinajstić information content (AvgIpc) is 3.29. The van der Waals surface area contributed by atoms with Crippen molar-refractivity contribution in [3.8, 4) is 0 Å². The van der Waals surface area contributed by atoms with Crippen molar-refractivity contribution in [2.24, 2.45) is 0 Å². The number of thiazole rings is 1. The van der Waals surface area contributed by atoms with Crippen molar-refractivity contribution in [1.82, 2.24) is 15.2 Å². The van der Waals surface area contributed by atoms with E-state index in [0.717, 1.165) is 10.7 Å². The van der Waals surface area contributed by atoms with Gasteiger partial charge in [-0.3, -0.25) is 19.3 Å². The topological polar surface area (TPSA) is 82.6 Å². The number of nitrogens with zero attached hydrogens (tertiary/aromatic N) is 3. The zero-order chi connectivity index (χ0) is 20.8. The maximum Gasteiger partial charge on any atom is 0.258 e. The highest BCUT2D eigenvalue weighted by molar-refractivity contribution is 7.09. The summed E-state index contributed by atoms with van der Waals surface area (Å²) in [6.07, 6.45) is 0.857. The molecule has 152 valence electrons. The first kappa shape index (κ1) is 19.6. The van der Waals surface area contributed by atoms with E-state index in [1.807, 2.05) is 18.4 Å². The van der Waals surface area contributed by atoms with Crippen LogP contribution in [0.2, 0.25) is 0 Å². The maximum absolute atomic E-state index is 13.2. The SMILES string of the molecule is CC(C)c1nc(CNC(=O)CN2C(=O)c3ccccc3N3C(=O)CCC23C)cs1. The summed E-state index contributed by atoms with van der Waals surface area (Å²) in [4.78, 5) is 46.1. The highest BCUT2D eigenvalue weighted by atomic mass is 32.1. The molecule has 2 aliphatic rings. The molecule has 1 aromatic heterocycles. The lowest BCUT2D eigenvalue weighted by atomic mass is 9.98. The van der Waals surface area contributed by atoms with Gasteiger partial charge >= 0.3 is 0 Å². The molecule has 1 fully saturated rings. The lowest BCUT2D eigenvalue weighted by Gasteiger charge is -2.48. The number of fused-ring (bicyclic) bond motifs is 3. The number of benzene rings is 1. The third kappa shape index (κ3) is 3.31. The molecule has 0 bridgehead atoms. The molecule has 1 atom stereocenters.